The van der Waals surface area contributed by atoms with Crippen LogP contribution in [0, 0.1) is 6.92 Å². The molecule has 2 aromatic heterocycles. The SMILES string of the molecule is Cc1cc(-c2onc(N)c2-c2ccc3c(c2)OCO3)co1. The zero-order valence-electron chi connectivity index (χ0n) is 11.3. The minimum atomic E-state index is 0.228. The minimum absolute atomic E-state index is 0.228. The summed E-state index contributed by atoms with van der Waals surface area (Å²) in [4.78, 5) is 0. The summed E-state index contributed by atoms with van der Waals surface area (Å²) in [6, 6.07) is 7.47. The largest absolute Gasteiger partial charge is 0.469 e. The van der Waals surface area contributed by atoms with Gasteiger partial charge in [-0.2, -0.15) is 0 Å². The van der Waals surface area contributed by atoms with E-state index in [1.54, 1.807) is 6.26 Å². The Morgan fingerprint density at radius 3 is 2.76 bits per heavy atom. The molecule has 1 aliphatic rings. The fraction of sp³-hybridized carbons (Fsp3) is 0.133. The Balaban J connectivity index is 1.87. The lowest BCUT2D eigenvalue weighted by molar-refractivity contribution is 0.174. The second-order valence-electron chi connectivity index (χ2n) is 4.79. The van der Waals surface area contributed by atoms with E-state index in [4.69, 9.17) is 24.1 Å². The van der Waals surface area contributed by atoms with Crippen LogP contribution in [0.25, 0.3) is 22.5 Å². The first kappa shape index (κ1) is 11.9. The van der Waals surface area contributed by atoms with Gasteiger partial charge in [0.25, 0.3) is 0 Å². The minimum Gasteiger partial charge on any atom is -0.469 e. The molecule has 0 fully saturated rings. The molecule has 6 nitrogen and oxygen atoms in total. The van der Waals surface area contributed by atoms with Crippen molar-refractivity contribution in [3.05, 3.63) is 36.3 Å². The van der Waals surface area contributed by atoms with Crippen LogP contribution in [0.1, 0.15) is 5.76 Å². The van der Waals surface area contributed by atoms with E-state index in [0.717, 1.165) is 22.6 Å². The highest BCUT2D eigenvalue weighted by Crippen LogP contribution is 2.41. The maximum absolute atomic E-state index is 5.96. The summed E-state index contributed by atoms with van der Waals surface area (Å²) in [6.07, 6.45) is 1.62. The molecule has 3 heterocycles. The van der Waals surface area contributed by atoms with Crippen molar-refractivity contribution in [3.63, 3.8) is 0 Å². The molecule has 0 bridgehead atoms. The van der Waals surface area contributed by atoms with E-state index in [1.165, 1.54) is 0 Å². The Kier molecular flexibility index (Phi) is 2.44. The number of nitrogens with two attached hydrogens (primary N) is 1. The Bertz CT molecular complexity index is 819. The molecule has 106 valence electrons. The van der Waals surface area contributed by atoms with Crippen LogP contribution in [0.15, 0.2) is 39.5 Å². The highest BCUT2D eigenvalue weighted by atomic mass is 16.7. The fourth-order valence-corrected chi connectivity index (χ4v) is 2.39. The van der Waals surface area contributed by atoms with Gasteiger partial charge in [-0.3, -0.25) is 0 Å². The van der Waals surface area contributed by atoms with E-state index in [2.05, 4.69) is 5.16 Å². The zero-order chi connectivity index (χ0) is 14.4. The molecule has 0 radical (unpaired) electrons. The highest BCUT2D eigenvalue weighted by molar-refractivity contribution is 5.87. The molecule has 0 saturated carbocycles. The summed E-state index contributed by atoms with van der Waals surface area (Å²) in [5, 5.41) is 3.86. The van der Waals surface area contributed by atoms with Gasteiger partial charge in [-0.05, 0) is 30.7 Å². The molecule has 0 aliphatic carbocycles. The smallest absolute Gasteiger partial charge is 0.231 e. The zero-order valence-corrected chi connectivity index (χ0v) is 11.3. The number of aryl methyl sites for hydroxylation is 1. The number of hydrogen-bond acceptors (Lipinski definition) is 6. The number of furan rings is 1. The van der Waals surface area contributed by atoms with E-state index in [1.807, 2.05) is 31.2 Å². The first-order chi connectivity index (χ1) is 10.2. The quantitative estimate of drug-likeness (QED) is 0.777. The van der Waals surface area contributed by atoms with Crippen molar-refractivity contribution in [3.8, 4) is 33.9 Å². The summed E-state index contributed by atoms with van der Waals surface area (Å²) < 4.78 is 21.4. The van der Waals surface area contributed by atoms with E-state index in [0.29, 0.717) is 22.9 Å². The maximum atomic E-state index is 5.96. The van der Waals surface area contributed by atoms with Crippen LogP contribution in [0.2, 0.25) is 0 Å². The predicted molar refractivity (Wildman–Crippen MR) is 74.9 cm³/mol. The summed E-state index contributed by atoms with van der Waals surface area (Å²) in [7, 11) is 0. The maximum Gasteiger partial charge on any atom is 0.231 e. The van der Waals surface area contributed by atoms with Gasteiger partial charge < -0.3 is 24.1 Å². The molecule has 0 saturated heterocycles. The Labute approximate surface area is 120 Å². The Hall–Kier alpha value is -2.89. The van der Waals surface area contributed by atoms with Crippen LogP contribution in [0.3, 0.4) is 0 Å². The molecule has 0 spiro atoms. The van der Waals surface area contributed by atoms with Gasteiger partial charge >= 0.3 is 0 Å². The molecular weight excluding hydrogens is 272 g/mol. The number of nitrogen functional groups attached to an aromatic ring is 1. The molecule has 4 rings (SSSR count). The van der Waals surface area contributed by atoms with E-state index < -0.39 is 0 Å². The fourth-order valence-electron chi connectivity index (χ4n) is 2.39. The number of ether oxygens (including phenoxy) is 2. The molecule has 1 aliphatic heterocycles. The van der Waals surface area contributed by atoms with Crippen LogP contribution in [0.4, 0.5) is 5.82 Å². The summed E-state index contributed by atoms with van der Waals surface area (Å²) in [5.74, 6) is 3.08. The first-order valence-corrected chi connectivity index (χ1v) is 6.43. The lowest BCUT2D eigenvalue weighted by Gasteiger charge is -2.03. The topological polar surface area (TPSA) is 83.7 Å². The third-order valence-corrected chi connectivity index (χ3v) is 3.37. The van der Waals surface area contributed by atoms with Gasteiger partial charge in [-0.1, -0.05) is 11.2 Å². The van der Waals surface area contributed by atoms with E-state index >= 15 is 0 Å². The number of aromatic nitrogens is 1. The lowest BCUT2D eigenvalue weighted by atomic mass is 10.0. The number of anilines is 1. The number of benzene rings is 1. The van der Waals surface area contributed by atoms with Crippen molar-refractivity contribution in [1.29, 1.82) is 0 Å². The van der Waals surface area contributed by atoms with Gasteiger partial charge in [-0.15, -0.1) is 0 Å². The molecular formula is C15H12N2O4. The molecule has 0 unspecified atom stereocenters. The molecule has 3 aromatic rings. The van der Waals surface area contributed by atoms with E-state index in [-0.39, 0.29) is 6.79 Å². The van der Waals surface area contributed by atoms with Gasteiger partial charge in [0.15, 0.2) is 23.1 Å². The summed E-state index contributed by atoms with van der Waals surface area (Å²) in [5.41, 5.74) is 8.32. The number of rotatable bonds is 2. The monoisotopic (exact) mass is 284 g/mol. The second kappa shape index (κ2) is 4.31. The molecule has 6 heteroatoms. The third-order valence-electron chi connectivity index (χ3n) is 3.37. The molecule has 2 N–H and O–H groups in total. The van der Waals surface area contributed by atoms with Crippen LogP contribution in [-0.4, -0.2) is 11.9 Å². The summed E-state index contributed by atoms with van der Waals surface area (Å²) >= 11 is 0. The van der Waals surface area contributed by atoms with Crippen molar-refractivity contribution >= 4 is 5.82 Å². The average molecular weight is 284 g/mol. The molecule has 21 heavy (non-hydrogen) atoms. The standard InChI is InChI=1S/C15H12N2O4/c1-8-4-10(6-18-8)14-13(15(16)17-21-14)9-2-3-11-12(5-9)20-7-19-11/h2-6H,7H2,1H3,(H2,16,17). The molecule has 1 aromatic carbocycles. The van der Waals surface area contributed by atoms with Crippen LogP contribution < -0.4 is 15.2 Å². The van der Waals surface area contributed by atoms with E-state index in [9.17, 15) is 0 Å². The van der Waals surface area contributed by atoms with Crippen molar-refractivity contribution in [2.45, 2.75) is 6.92 Å². The number of nitrogens with zero attached hydrogens (tertiary/aromatic N) is 1. The van der Waals surface area contributed by atoms with Crippen molar-refractivity contribution in [2.75, 3.05) is 12.5 Å². The lowest BCUT2D eigenvalue weighted by Crippen LogP contribution is -1.93. The Morgan fingerprint density at radius 2 is 1.95 bits per heavy atom. The van der Waals surface area contributed by atoms with Crippen LogP contribution in [-0.2, 0) is 0 Å². The first-order valence-electron chi connectivity index (χ1n) is 6.43. The van der Waals surface area contributed by atoms with Gasteiger partial charge in [0.05, 0.1) is 11.1 Å². The van der Waals surface area contributed by atoms with Crippen LogP contribution in [0.5, 0.6) is 11.5 Å². The molecule has 0 atom stereocenters. The normalized spacial score (nSPS) is 12.8. The van der Waals surface area contributed by atoms with Gasteiger partial charge in [-0.25, -0.2) is 0 Å². The number of hydrogen-bond donors (Lipinski definition) is 1. The van der Waals surface area contributed by atoms with Gasteiger partial charge in [0.1, 0.15) is 12.0 Å². The third kappa shape index (κ3) is 1.84. The second-order valence-corrected chi connectivity index (χ2v) is 4.79. The van der Waals surface area contributed by atoms with Crippen molar-refractivity contribution in [1.82, 2.24) is 5.16 Å². The molecule has 0 amide bonds. The van der Waals surface area contributed by atoms with Crippen LogP contribution >= 0.6 is 0 Å². The Morgan fingerprint density at radius 1 is 1.10 bits per heavy atom. The number of fused-ring (bicyclic) bond motifs is 1. The van der Waals surface area contributed by atoms with Crippen molar-refractivity contribution < 1.29 is 18.4 Å². The highest BCUT2D eigenvalue weighted by Gasteiger charge is 2.22. The van der Waals surface area contributed by atoms with Gasteiger partial charge in [0, 0.05) is 0 Å². The van der Waals surface area contributed by atoms with Gasteiger partial charge in [0.2, 0.25) is 6.79 Å². The average Bonchev–Trinajstić information content (AvgIpc) is 3.17. The van der Waals surface area contributed by atoms with Crippen molar-refractivity contribution in [2.24, 2.45) is 0 Å². The predicted octanol–water partition coefficient (Wildman–Crippen LogP) is 3.22. The summed E-state index contributed by atoms with van der Waals surface area (Å²) in [6.45, 7) is 2.09.